The summed E-state index contributed by atoms with van der Waals surface area (Å²) in [5.74, 6) is 0. The third-order valence-corrected chi connectivity index (χ3v) is 2.22. The number of hydrogen-bond donors (Lipinski definition) is 2. The van der Waals surface area contributed by atoms with Gasteiger partial charge < -0.3 is 14.8 Å². The number of nitrogens with zero attached hydrogens (tertiary/aromatic N) is 1. The first kappa shape index (κ1) is 6.88. The van der Waals surface area contributed by atoms with Gasteiger partial charge in [-0.2, -0.15) is 0 Å². The largest absolute Gasteiger partial charge is 0.392 e. The maximum Gasteiger partial charge on any atom is 0.0960 e. The summed E-state index contributed by atoms with van der Waals surface area (Å²) in [6, 6.07) is 1.86. The van der Waals surface area contributed by atoms with Crippen molar-refractivity contribution in [3.8, 4) is 0 Å². The van der Waals surface area contributed by atoms with Crippen LogP contribution >= 0.6 is 0 Å². The highest BCUT2D eigenvalue weighted by Gasteiger charge is 2.22. The Hall–Kier alpha value is -0.800. The molecule has 0 bridgehead atoms. The van der Waals surface area contributed by atoms with E-state index in [0.717, 1.165) is 24.2 Å². The second-order valence-electron chi connectivity index (χ2n) is 2.88. The molecular weight excluding hydrogens is 142 g/mol. The number of hydrogen-bond acceptors (Lipinski definition) is 2. The first-order chi connectivity index (χ1) is 5.33. The van der Waals surface area contributed by atoms with E-state index in [1.54, 1.807) is 0 Å². The van der Waals surface area contributed by atoms with Crippen molar-refractivity contribution < 1.29 is 10.2 Å². The standard InChI is InChI=1S/C8H11NO2/c10-5-6-1-3-9-4-2-7(11)8(6)9/h1,3,7,10-11H,2,4-5H2/t7-/m1/s1. The molecule has 1 aliphatic heterocycles. The predicted molar refractivity (Wildman–Crippen MR) is 39.9 cm³/mol. The molecule has 1 aliphatic rings. The van der Waals surface area contributed by atoms with Gasteiger partial charge in [-0.15, -0.1) is 0 Å². The van der Waals surface area contributed by atoms with E-state index in [0.29, 0.717) is 0 Å². The van der Waals surface area contributed by atoms with Gasteiger partial charge in [-0.3, -0.25) is 0 Å². The number of fused-ring (bicyclic) bond motifs is 1. The maximum absolute atomic E-state index is 9.45. The quantitative estimate of drug-likeness (QED) is 0.614. The Balaban J connectivity index is 2.46. The maximum atomic E-state index is 9.45. The fraction of sp³-hybridized carbons (Fsp3) is 0.500. The van der Waals surface area contributed by atoms with Crippen LogP contribution in [0, 0.1) is 0 Å². The molecule has 0 saturated heterocycles. The van der Waals surface area contributed by atoms with E-state index in [1.807, 2.05) is 16.8 Å². The minimum atomic E-state index is -0.368. The van der Waals surface area contributed by atoms with Crippen molar-refractivity contribution in [2.45, 2.75) is 25.7 Å². The van der Waals surface area contributed by atoms with Gasteiger partial charge >= 0.3 is 0 Å². The van der Waals surface area contributed by atoms with Crippen LogP contribution in [0.4, 0.5) is 0 Å². The molecule has 1 aromatic heterocycles. The van der Waals surface area contributed by atoms with Crippen molar-refractivity contribution in [2.24, 2.45) is 0 Å². The molecule has 0 aromatic carbocycles. The molecule has 2 heterocycles. The van der Waals surface area contributed by atoms with Gasteiger partial charge in [-0.25, -0.2) is 0 Å². The van der Waals surface area contributed by atoms with Crippen LogP contribution in [0.2, 0.25) is 0 Å². The number of aliphatic hydroxyl groups excluding tert-OH is 2. The number of rotatable bonds is 1. The first-order valence-electron chi connectivity index (χ1n) is 3.79. The normalized spacial score (nSPS) is 22.2. The average molecular weight is 153 g/mol. The molecule has 0 aliphatic carbocycles. The topological polar surface area (TPSA) is 45.4 Å². The van der Waals surface area contributed by atoms with Gasteiger partial charge in [0.15, 0.2) is 0 Å². The highest BCUT2D eigenvalue weighted by atomic mass is 16.3. The van der Waals surface area contributed by atoms with Crippen LogP contribution in [-0.4, -0.2) is 14.8 Å². The van der Waals surface area contributed by atoms with Crippen molar-refractivity contribution >= 4 is 0 Å². The lowest BCUT2D eigenvalue weighted by molar-refractivity contribution is 0.175. The third-order valence-electron chi connectivity index (χ3n) is 2.22. The Morgan fingerprint density at radius 3 is 3.18 bits per heavy atom. The highest BCUT2D eigenvalue weighted by Crippen LogP contribution is 2.29. The molecule has 60 valence electrons. The van der Waals surface area contributed by atoms with Gasteiger partial charge in [0.1, 0.15) is 0 Å². The van der Waals surface area contributed by atoms with E-state index in [-0.39, 0.29) is 12.7 Å². The molecular formula is C8H11NO2. The fourth-order valence-electron chi connectivity index (χ4n) is 1.66. The van der Waals surface area contributed by atoms with E-state index < -0.39 is 0 Å². The van der Waals surface area contributed by atoms with Crippen LogP contribution < -0.4 is 0 Å². The van der Waals surface area contributed by atoms with Gasteiger partial charge in [0, 0.05) is 18.3 Å². The van der Waals surface area contributed by atoms with Crippen molar-refractivity contribution in [1.82, 2.24) is 4.57 Å². The predicted octanol–water partition coefficient (Wildman–Crippen LogP) is 0.418. The average Bonchev–Trinajstić information content (AvgIpc) is 2.54. The summed E-state index contributed by atoms with van der Waals surface area (Å²) >= 11 is 0. The van der Waals surface area contributed by atoms with E-state index in [4.69, 9.17) is 5.11 Å². The second-order valence-corrected chi connectivity index (χ2v) is 2.88. The Kier molecular flexibility index (Phi) is 1.47. The van der Waals surface area contributed by atoms with Gasteiger partial charge in [0.25, 0.3) is 0 Å². The lowest BCUT2D eigenvalue weighted by atomic mass is 10.1. The summed E-state index contributed by atoms with van der Waals surface area (Å²) in [4.78, 5) is 0. The van der Waals surface area contributed by atoms with E-state index in [2.05, 4.69) is 0 Å². The molecule has 0 unspecified atom stereocenters. The minimum absolute atomic E-state index is 0.0272. The fourth-order valence-corrected chi connectivity index (χ4v) is 1.66. The number of aryl methyl sites for hydroxylation is 1. The summed E-state index contributed by atoms with van der Waals surface area (Å²) < 4.78 is 2.00. The molecule has 1 aromatic rings. The molecule has 1 atom stereocenters. The molecule has 0 fully saturated rings. The molecule has 2 N–H and O–H groups in total. The molecule has 0 amide bonds. The summed E-state index contributed by atoms with van der Waals surface area (Å²) in [5.41, 5.74) is 1.75. The van der Waals surface area contributed by atoms with E-state index in [9.17, 15) is 5.11 Å². The Morgan fingerprint density at radius 2 is 2.45 bits per heavy atom. The summed E-state index contributed by atoms with van der Waals surface area (Å²) in [6.45, 7) is 0.899. The Bertz CT molecular complexity index is 267. The molecule has 0 saturated carbocycles. The zero-order chi connectivity index (χ0) is 7.84. The zero-order valence-electron chi connectivity index (χ0n) is 6.20. The molecule has 3 heteroatoms. The van der Waals surface area contributed by atoms with Crippen LogP contribution in [0.3, 0.4) is 0 Å². The van der Waals surface area contributed by atoms with Crippen LogP contribution in [-0.2, 0) is 13.2 Å². The summed E-state index contributed by atoms with van der Waals surface area (Å²) in [6.07, 6.45) is 2.33. The minimum Gasteiger partial charge on any atom is -0.392 e. The second kappa shape index (κ2) is 2.36. The Labute approximate surface area is 64.9 Å². The van der Waals surface area contributed by atoms with Gasteiger partial charge in [-0.05, 0) is 12.5 Å². The number of aromatic nitrogens is 1. The molecule has 2 rings (SSSR count). The van der Waals surface area contributed by atoms with Crippen molar-refractivity contribution in [2.75, 3.05) is 0 Å². The zero-order valence-corrected chi connectivity index (χ0v) is 6.20. The summed E-state index contributed by atoms with van der Waals surface area (Å²) in [5, 5.41) is 18.3. The van der Waals surface area contributed by atoms with Crippen molar-refractivity contribution in [1.29, 1.82) is 0 Å². The lowest BCUT2D eigenvalue weighted by Gasteiger charge is -2.02. The molecule has 0 spiro atoms. The highest BCUT2D eigenvalue weighted by molar-refractivity contribution is 5.25. The van der Waals surface area contributed by atoms with Crippen LogP contribution in [0.15, 0.2) is 12.3 Å². The monoisotopic (exact) mass is 153 g/mol. The van der Waals surface area contributed by atoms with Crippen molar-refractivity contribution in [3.05, 3.63) is 23.5 Å². The molecule has 11 heavy (non-hydrogen) atoms. The summed E-state index contributed by atoms with van der Waals surface area (Å²) in [7, 11) is 0. The molecule has 0 radical (unpaired) electrons. The smallest absolute Gasteiger partial charge is 0.0960 e. The van der Waals surface area contributed by atoms with Gasteiger partial charge in [0.05, 0.1) is 18.4 Å². The van der Waals surface area contributed by atoms with Crippen LogP contribution in [0.25, 0.3) is 0 Å². The van der Waals surface area contributed by atoms with Crippen LogP contribution in [0.5, 0.6) is 0 Å². The van der Waals surface area contributed by atoms with Crippen LogP contribution in [0.1, 0.15) is 23.8 Å². The lowest BCUT2D eigenvalue weighted by Crippen LogP contribution is -1.96. The first-order valence-corrected chi connectivity index (χ1v) is 3.79. The number of aliphatic hydroxyl groups is 2. The van der Waals surface area contributed by atoms with E-state index >= 15 is 0 Å². The Morgan fingerprint density at radius 1 is 1.64 bits per heavy atom. The van der Waals surface area contributed by atoms with Crippen molar-refractivity contribution in [3.63, 3.8) is 0 Å². The van der Waals surface area contributed by atoms with E-state index in [1.165, 1.54) is 0 Å². The molecule has 3 nitrogen and oxygen atoms in total. The van der Waals surface area contributed by atoms with Gasteiger partial charge in [0.2, 0.25) is 0 Å². The van der Waals surface area contributed by atoms with Gasteiger partial charge in [-0.1, -0.05) is 0 Å². The third kappa shape index (κ3) is 0.886. The SMILES string of the molecule is OCc1ccn2c1[C@H](O)CC2.